The van der Waals surface area contributed by atoms with Gasteiger partial charge in [-0.2, -0.15) is 0 Å². The first-order valence-electron chi connectivity index (χ1n) is 5.12. The number of nitrogen functional groups attached to an aromatic ring is 1. The topological polar surface area (TPSA) is 51.8 Å². The fourth-order valence-electron chi connectivity index (χ4n) is 1.68. The molecule has 0 radical (unpaired) electrons. The van der Waals surface area contributed by atoms with Crippen LogP contribution in [0.2, 0.25) is 5.02 Å². The van der Waals surface area contributed by atoms with Gasteiger partial charge in [-0.3, -0.25) is 0 Å². The number of fused-ring (bicyclic) bond motifs is 1. The van der Waals surface area contributed by atoms with Crippen LogP contribution in [0.1, 0.15) is 0 Å². The second-order valence-electron chi connectivity index (χ2n) is 3.67. The van der Waals surface area contributed by atoms with Crippen molar-refractivity contribution in [3.8, 4) is 11.4 Å². The summed E-state index contributed by atoms with van der Waals surface area (Å²) in [5.41, 5.74) is 6.08. The summed E-state index contributed by atoms with van der Waals surface area (Å²) in [4.78, 5) is 9.15. The van der Waals surface area contributed by atoms with E-state index < -0.39 is 5.82 Å². The molecule has 0 aliphatic carbocycles. The van der Waals surface area contributed by atoms with E-state index in [-0.39, 0.29) is 16.4 Å². The van der Waals surface area contributed by atoms with Crippen molar-refractivity contribution in [1.29, 1.82) is 0 Å². The molecule has 0 atom stereocenters. The van der Waals surface area contributed by atoms with Crippen molar-refractivity contribution >= 4 is 39.0 Å². The number of rotatable bonds is 1. The van der Waals surface area contributed by atoms with E-state index in [1.807, 2.05) is 11.4 Å². The summed E-state index contributed by atoms with van der Waals surface area (Å²) in [6.07, 6.45) is 0. The highest BCUT2D eigenvalue weighted by molar-refractivity contribution is 7.16. The highest BCUT2D eigenvalue weighted by atomic mass is 35.5. The van der Waals surface area contributed by atoms with E-state index in [0.29, 0.717) is 5.82 Å². The van der Waals surface area contributed by atoms with Gasteiger partial charge in [0.05, 0.1) is 16.0 Å². The van der Waals surface area contributed by atoms with E-state index in [1.54, 1.807) is 12.1 Å². The quantitative estimate of drug-likeness (QED) is 0.738. The Morgan fingerprint density at radius 1 is 1.22 bits per heavy atom. The second-order valence-corrected chi connectivity index (χ2v) is 4.98. The second kappa shape index (κ2) is 4.19. The third-order valence-corrected chi connectivity index (χ3v) is 3.65. The van der Waals surface area contributed by atoms with Crippen LogP contribution in [0.15, 0.2) is 29.6 Å². The van der Waals surface area contributed by atoms with Gasteiger partial charge in [0.1, 0.15) is 10.6 Å². The SMILES string of the molecule is Nc1nc(-c2cccc(Cl)c2F)nc2sccc12. The van der Waals surface area contributed by atoms with E-state index >= 15 is 0 Å². The molecule has 0 spiro atoms. The molecule has 0 aliphatic rings. The van der Waals surface area contributed by atoms with Crippen LogP contribution in [0.25, 0.3) is 21.6 Å². The average molecular weight is 280 g/mol. The Hall–Kier alpha value is -1.72. The molecule has 3 rings (SSSR count). The van der Waals surface area contributed by atoms with Crippen LogP contribution in [0.5, 0.6) is 0 Å². The lowest BCUT2D eigenvalue weighted by atomic mass is 10.2. The number of nitrogens with two attached hydrogens (primary N) is 1. The largest absolute Gasteiger partial charge is 0.383 e. The van der Waals surface area contributed by atoms with Crippen LogP contribution >= 0.6 is 22.9 Å². The van der Waals surface area contributed by atoms with Crippen molar-refractivity contribution < 1.29 is 4.39 Å². The molecule has 0 saturated carbocycles. The maximum absolute atomic E-state index is 13.9. The van der Waals surface area contributed by atoms with Gasteiger partial charge in [-0.05, 0) is 23.6 Å². The Labute approximate surface area is 111 Å². The molecule has 2 aromatic heterocycles. The number of nitrogens with zero attached hydrogens (tertiary/aromatic N) is 2. The third-order valence-electron chi connectivity index (χ3n) is 2.55. The molecule has 0 bridgehead atoms. The zero-order valence-corrected chi connectivity index (χ0v) is 10.6. The van der Waals surface area contributed by atoms with Crippen molar-refractivity contribution in [3.63, 3.8) is 0 Å². The minimum absolute atomic E-state index is 0.0425. The fraction of sp³-hybridized carbons (Fsp3) is 0. The summed E-state index contributed by atoms with van der Waals surface area (Å²) < 4.78 is 13.9. The van der Waals surface area contributed by atoms with Crippen molar-refractivity contribution in [2.75, 3.05) is 5.73 Å². The van der Waals surface area contributed by atoms with Gasteiger partial charge in [0.2, 0.25) is 0 Å². The first-order valence-corrected chi connectivity index (χ1v) is 6.37. The van der Waals surface area contributed by atoms with E-state index in [9.17, 15) is 4.39 Å². The number of anilines is 1. The Morgan fingerprint density at radius 2 is 2.06 bits per heavy atom. The fourth-order valence-corrected chi connectivity index (χ4v) is 2.62. The van der Waals surface area contributed by atoms with Gasteiger partial charge in [-0.15, -0.1) is 11.3 Å². The molecular formula is C12H7ClFN3S. The molecule has 2 heterocycles. The van der Waals surface area contributed by atoms with Crippen LogP contribution in [-0.4, -0.2) is 9.97 Å². The molecule has 0 fully saturated rings. The summed E-state index contributed by atoms with van der Waals surface area (Å²) in [5, 5.41) is 2.69. The molecule has 0 saturated heterocycles. The summed E-state index contributed by atoms with van der Waals surface area (Å²) in [7, 11) is 0. The molecule has 6 heteroatoms. The van der Waals surface area contributed by atoms with Crippen molar-refractivity contribution in [2.45, 2.75) is 0 Å². The number of aromatic nitrogens is 2. The highest BCUT2D eigenvalue weighted by Gasteiger charge is 2.13. The number of thiophene rings is 1. The summed E-state index contributed by atoms with van der Waals surface area (Å²) >= 11 is 7.18. The lowest BCUT2D eigenvalue weighted by Crippen LogP contribution is -1.97. The number of benzene rings is 1. The third kappa shape index (κ3) is 1.72. The molecule has 1 aromatic carbocycles. The number of hydrogen-bond acceptors (Lipinski definition) is 4. The molecule has 0 unspecified atom stereocenters. The van der Waals surface area contributed by atoms with Gasteiger partial charge in [0.25, 0.3) is 0 Å². The lowest BCUT2D eigenvalue weighted by molar-refractivity contribution is 0.630. The van der Waals surface area contributed by atoms with Crippen LogP contribution in [0.3, 0.4) is 0 Å². The smallest absolute Gasteiger partial charge is 0.166 e. The molecule has 0 aliphatic heterocycles. The Kier molecular flexibility index (Phi) is 2.65. The van der Waals surface area contributed by atoms with E-state index in [0.717, 1.165) is 10.2 Å². The van der Waals surface area contributed by atoms with Gasteiger partial charge < -0.3 is 5.73 Å². The van der Waals surface area contributed by atoms with Crippen LogP contribution in [0, 0.1) is 5.82 Å². The van der Waals surface area contributed by atoms with E-state index in [2.05, 4.69) is 9.97 Å². The molecule has 3 nitrogen and oxygen atoms in total. The van der Waals surface area contributed by atoms with E-state index in [1.165, 1.54) is 17.4 Å². The van der Waals surface area contributed by atoms with Gasteiger partial charge in [-0.1, -0.05) is 17.7 Å². The van der Waals surface area contributed by atoms with Crippen molar-refractivity contribution in [3.05, 3.63) is 40.5 Å². The molecule has 3 aromatic rings. The molecule has 18 heavy (non-hydrogen) atoms. The van der Waals surface area contributed by atoms with Crippen LogP contribution in [-0.2, 0) is 0 Å². The zero-order chi connectivity index (χ0) is 12.7. The standard InChI is InChI=1S/C12H7ClFN3S/c13-8-3-1-2-6(9(8)14)11-16-10(15)7-4-5-18-12(7)17-11/h1-5H,(H2,15,16,17). The monoisotopic (exact) mass is 279 g/mol. The summed E-state index contributed by atoms with van der Waals surface area (Å²) in [6, 6.07) is 6.55. The normalized spacial score (nSPS) is 11.0. The number of halogens is 2. The van der Waals surface area contributed by atoms with Gasteiger partial charge in [0.15, 0.2) is 11.6 Å². The molecule has 2 N–H and O–H groups in total. The van der Waals surface area contributed by atoms with Crippen LogP contribution in [0.4, 0.5) is 10.2 Å². The Morgan fingerprint density at radius 3 is 2.89 bits per heavy atom. The van der Waals surface area contributed by atoms with Crippen LogP contribution < -0.4 is 5.73 Å². The predicted molar refractivity (Wildman–Crippen MR) is 72.2 cm³/mol. The summed E-state index contributed by atoms with van der Waals surface area (Å²) in [6.45, 7) is 0. The van der Waals surface area contributed by atoms with E-state index in [4.69, 9.17) is 17.3 Å². The first kappa shape index (κ1) is 11.4. The van der Waals surface area contributed by atoms with Gasteiger partial charge in [-0.25, -0.2) is 14.4 Å². The lowest BCUT2D eigenvalue weighted by Gasteiger charge is -2.04. The Balaban J connectivity index is 2.28. The summed E-state index contributed by atoms with van der Waals surface area (Å²) in [5.74, 6) is 0.0625. The zero-order valence-electron chi connectivity index (χ0n) is 9.02. The molecule has 0 amide bonds. The minimum Gasteiger partial charge on any atom is -0.383 e. The maximum Gasteiger partial charge on any atom is 0.166 e. The van der Waals surface area contributed by atoms with Crippen molar-refractivity contribution in [1.82, 2.24) is 9.97 Å². The molecule has 90 valence electrons. The number of hydrogen-bond donors (Lipinski definition) is 1. The highest BCUT2D eigenvalue weighted by Crippen LogP contribution is 2.29. The average Bonchev–Trinajstić information content (AvgIpc) is 2.81. The minimum atomic E-state index is -0.533. The molecular weight excluding hydrogens is 273 g/mol. The van der Waals surface area contributed by atoms with Gasteiger partial charge in [0, 0.05) is 0 Å². The predicted octanol–water partition coefficient (Wildman–Crippen LogP) is 3.73. The van der Waals surface area contributed by atoms with Gasteiger partial charge >= 0.3 is 0 Å². The first-order chi connectivity index (χ1) is 8.66. The Bertz CT molecular complexity index is 741. The van der Waals surface area contributed by atoms with Crippen molar-refractivity contribution in [2.24, 2.45) is 0 Å². The maximum atomic E-state index is 13.9.